The van der Waals surface area contributed by atoms with Crippen LogP contribution in [0.4, 0.5) is 5.13 Å². The van der Waals surface area contributed by atoms with E-state index in [1.807, 2.05) is 24.3 Å². The number of hydrogen-bond acceptors (Lipinski definition) is 7. The van der Waals surface area contributed by atoms with Gasteiger partial charge in [0.25, 0.3) is 0 Å². The zero-order valence-electron chi connectivity index (χ0n) is 14.2. The van der Waals surface area contributed by atoms with Gasteiger partial charge < -0.3 is 10.4 Å². The third-order valence-corrected chi connectivity index (χ3v) is 7.48. The van der Waals surface area contributed by atoms with Crippen LogP contribution in [0.15, 0.2) is 42.5 Å². The van der Waals surface area contributed by atoms with Gasteiger partial charge >= 0.3 is 5.97 Å². The van der Waals surface area contributed by atoms with Gasteiger partial charge in [0.05, 0.1) is 17.1 Å². The largest absolute Gasteiger partial charge is 0.477 e. The molecule has 0 fully saturated rings. The van der Waals surface area contributed by atoms with E-state index < -0.39 is 5.97 Å². The lowest BCUT2D eigenvalue weighted by molar-refractivity contribution is 0.0701. The number of hydrogen-bond donors (Lipinski definition) is 2. The minimum Gasteiger partial charge on any atom is -0.477 e. The van der Waals surface area contributed by atoms with Crippen LogP contribution in [-0.4, -0.2) is 28.4 Å². The van der Waals surface area contributed by atoms with Gasteiger partial charge in [-0.1, -0.05) is 29.5 Å². The van der Waals surface area contributed by atoms with E-state index in [1.54, 1.807) is 18.3 Å². The molecule has 5 nitrogen and oxygen atoms in total. The van der Waals surface area contributed by atoms with Crippen LogP contribution in [0.3, 0.4) is 0 Å². The van der Waals surface area contributed by atoms with Gasteiger partial charge in [-0.2, -0.15) is 0 Å². The molecule has 136 valence electrons. The molecule has 0 saturated heterocycles. The Bertz CT molecular complexity index is 1120. The normalized spacial score (nSPS) is 11.0. The van der Waals surface area contributed by atoms with Crippen molar-refractivity contribution in [3.8, 4) is 9.75 Å². The molecule has 0 radical (unpaired) electrons. The van der Waals surface area contributed by atoms with Crippen LogP contribution >= 0.6 is 34.0 Å². The van der Waals surface area contributed by atoms with Gasteiger partial charge in [-0.25, -0.2) is 9.78 Å². The summed E-state index contributed by atoms with van der Waals surface area (Å²) in [5.74, 6) is -1.05. The van der Waals surface area contributed by atoms with Gasteiger partial charge in [-0.05, 0) is 36.6 Å². The number of aromatic carboxylic acids is 1. The molecule has 0 aliphatic carbocycles. The average molecular weight is 415 g/mol. The molecule has 0 atom stereocenters. The first-order valence-electron chi connectivity index (χ1n) is 8.08. The maximum absolute atomic E-state index is 12.5. The van der Waals surface area contributed by atoms with Crippen LogP contribution in [0.1, 0.15) is 25.0 Å². The van der Waals surface area contributed by atoms with E-state index in [1.165, 1.54) is 21.4 Å². The molecule has 4 rings (SSSR count). The Morgan fingerprint density at radius 3 is 2.63 bits per heavy atom. The van der Waals surface area contributed by atoms with E-state index in [2.05, 4.69) is 28.5 Å². The molecule has 0 saturated carbocycles. The van der Waals surface area contributed by atoms with E-state index in [9.17, 15) is 9.59 Å². The number of carbonyl (C=O) groups excluding carboxylic acids is 1. The standard InChI is InChI=1S/C19H14N2O3S3/c1-10-17(18(23)24)27-19(21-10)20-9-12(22)14-6-7-15(26-14)16-8-11-4-2-3-5-13(11)25-16/h2-8H,9H2,1H3,(H,20,21)(H,23,24). The first kappa shape index (κ1) is 17.8. The second kappa shape index (κ2) is 7.22. The predicted octanol–water partition coefficient (Wildman–Crippen LogP) is 5.39. The highest BCUT2D eigenvalue weighted by Crippen LogP contribution is 2.37. The summed E-state index contributed by atoms with van der Waals surface area (Å²) in [5.41, 5.74) is 0.450. The molecule has 2 N–H and O–H groups in total. The maximum atomic E-state index is 12.5. The molecule has 3 aromatic heterocycles. The number of Topliss-reactive ketones (excluding diaryl/α,β-unsaturated/α-hetero) is 1. The Morgan fingerprint density at radius 2 is 1.89 bits per heavy atom. The van der Waals surface area contributed by atoms with Gasteiger partial charge in [-0.3, -0.25) is 4.79 Å². The number of aryl methyl sites for hydroxylation is 1. The zero-order valence-corrected chi connectivity index (χ0v) is 16.6. The average Bonchev–Trinajstić information content (AvgIpc) is 3.36. The van der Waals surface area contributed by atoms with Gasteiger partial charge in [0.15, 0.2) is 10.9 Å². The van der Waals surface area contributed by atoms with E-state index >= 15 is 0 Å². The summed E-state index contributed by atoms with van der Waals surface area (Å²) in [7, 11) is 0. The van der Waals surface area contributed by atoms with Crippen molar-refractivity contribution in [2.45, 2.75) is 6.92 Å². The quantitative estimate of drug-likeness (QED) is 0.414. The second-order valence-electron chi connectivity index (χ2n) is 5.83. The minimum atomic E-state index is -1.00. The molecule has 1 aromatic carbocycles. The van der Waals surface area contributed by atoms with Crippen LogP contribution in [0, 0.1) is 6.92 Å². The smallest absolute Gasteiger partial charge is 0.347 e. The summed E-state index contributed by atoms with van der Waals surface area (Å²) in [6, 6.07) is 14.2. The third-order valence-electron chi connectivity index (χ3n) is 3.94. The van der Waals surface area contributed by atoms with E-state index in [4.69, 9.17) is 5.11 Å². The first-order chi connectivity index (χ1) is 13.0. The van der Waals surface area contributed by atoms with E-state index in [0.717, 1.165) is 21.1 Å². The number of benzene rings is 1. The summed E-state index contributed by atoms with van der Waals surface area (Å²) in [6.07, 6.45) is 0. The van der Waals surface area contributed by atoms with Crippen molar-refractivity contribution in [3.63, 3.8) is 0 Å². The Balaban J connectivity index is 1.47. The highest BCUT2D eigenvalue weighted by Gasteiger charge is 2.16. The van der Waals surface area contributed by atoms with Gasteiger partial charge in [0.2, 0.25) is 0 Å². The lowest BCUT2D eigenvalue weighted by Crippen LogP contribution is -2.12. The highest BCUT2D eigenvalue weighted by molar-refractivity contribution is 7.26. The second-order valence-corrected chi connectivity index (χ2v) is 8.99. The summed E-state index contributed by atoms with van der Waals surface area (Å²) in [6.45, 7) is 1.72. The number of carbonyl (C=O) groups is 2. The minimum absolute atomic E-state index is 0.0444. The molecule has 3 heterocycles. The molecular formula is C19H14N2O3S3. The summed E-state index contributed by atoms with van der Waals surface area (Å²) < 4.78 is 1.23. The van der Waals surface area contributed by atoms with Crippen LogP contribution < -0.4 is 5.32 Å². The summed E-state index contributed by atoms with van der Waals surface area (Å²) in [5, 5.41) is 13.7. The van der Waals surface area contributed by atoms with Gasteiger partial charge in [0.1, 0.15) is 4.88 Å². The molecule has 4 aromatic rings. The lowest BCUT2D eigenvalue weighted by Gasteiger charge is -1.99. The van der Waals surface area contributed by atoms with Crippen LogP contribution in [0.2, 0.25) is 0 Å². The number of nitrogens with one attached hydrogen (secondary N) is 1. The summed E-state index contributed by atoms with van der Waals surface area (Å²) >= 11 is 4.22. The van der Waals surface area contributed by atoms with E-state index in [0.29, 0.717) is 15.7 Å². The lowest BCUT2D eigenvalue weighted by atomic mass is 10.2. The highest BCUT2D eigenvalue weighted by atomic mass is 32.1. The SMILES string of the molecule is Cc1nc(NCC(=O)c2ccc(-c3cc4ccccc4s3)s2)sc1C(=O)O. The Morgan fingerprint density at radius 1 is 1.07 bits per heavy atom. The number of thiazole rings is 1. The number of thiophene rings is 2. The number of ketones is 1. The summed E-state index contributed by atoms with van der Waals surface area (Å²) in [4.78, 5) is 30.8. The monoisotopic (exact) mass is 414 g/mol. The van der Waals surface area contributed by atoms with Crippen molar-refractivity contribution in [1.29, 1.82) is 0 Å². The number of carboxylic acid groups (broad SMARTS) is 1. The number of anilines is 1. The molecule has 0 spiro atoms. The fourth-order valence-electron chi connectivity index (χ4n) is 2.64. The predicted molar refractivity (Wildman–Crippen MR) is 112 cm³/mol. The fraction of sp³-hybridized carbons (Fsp3) is 0.105. The molecule has 8 heteroatoms. The van der Waals surface area contributed by atoms with Crippen molar-refractivity contribution >= 4 is 61.0 Å². The zero-order chi connectivity index (χ0) is 19.0. The number of aromatic nitrogens is 1. The molecule has 0 aliphatic heterocycles. The molecule has 0 amide bonds. The molecular weight excluding hydrogens is 400 g/mol. The Labute approximate surface area is 166 Å². The van der Waals surface area contributed by atoms with Crippen LogP contribution in [0.25, 0.3) is 19.8 Å². The van der Waals surface area contributed by atoms with Crippen molar-refractivity contribution < 1.29 is 14.7 Å². The number of rotatable bonds is 6. The van der Waals surface area contributed by atoms with Crippen molar-refractivity contribution in [2.24, 2.45) is 0 Å². The number of nitrogens with zero attached hydrogens (tertiary/aromatic N) is 1. The van der Waals surface area contributed by atoms with Crippen molar-refractivity contribution in [3.05, 3.63) is 57.9 Å². The topological polar surface area (TPSA) is 79.3 Å². The molecule has 0 unspecified atom stereocenters. The van der Waals surface area contributed by atoms with Gasteiger partial charge in [0, 0.05) is 14.5 Å². The van der Waals surface area contributed by atoms with Crippen LogP contribution in [-0.2, 0) is 0 Å². The fourth-order valence-corrected chi connectivity index (χ4v) is 5.53. The molecule has 0 aliphatic rings. The van der Waals surface area contributed by atoms with E-state index in [-0.39, 0.29) is 17.2 Å². The Kier molecular flexibility index (Phi) is 4.77. The van der Waals surface area contributed by atoms with Crippen LogP contribution in [0.5, 0.6) is 0 Å². The molecule has 27 heavy (non-hydrogen) atoms. The first-order valence-corrected chi connectivity index (χ1v) is 10.5. The maximum Gasteiger partial charge on any atom is 0.347 e. The van der Waals surface area contributed by atoms with Gasteiger partial charge in [-0.15, -0.1) is 22.7 Å². The third kappa shape index (κ3) is 3.64. The number of fused-ring (bicyclic) bond motifs is 1. The number of carboxylic acids is 1. The Hall–Kier alpha value is -2.55. The van der Waals surface area contributed by atoms with Crippen molar-refractivity contribution in [2.75, 3.05) is 11.9 Å². The van der Waals surface area contributed by atoms with Crippen molar-refractivity contribution in [1.82, 2.24) is 4.98 Å². The molecule has 0 bridgehead atoms.